The maximum Gasteiger partial charge on any atom is 0.124 e. The van der Waals surface area contributed by atoms with Crippen LogP contribution in [0, 0.1) is 17.1 Å². The molecule has 0 radical (unpaired) electrons. The third kappa shape index (κ3) is 4.53. The topological polar surface area (TPSA) is 52.9 Å². The Balaban J connectivity index is 2.68. The number of rotatable bonds is 5. The first kappa shape index (κ1) is 13.7. The molecule has 0 spiro atoms. The van der Waals surface area contributed by atoms with Gasteiger partial charge in [-0.15, -0.1) is 0 Å². The molecular weight excluding hydrogens is 239 g/mol. The van der Waals surface area contributed by atoms with Crippen LogP contribution in [0.1, 0.15) is 18.9 Å². The highest BCUT2D eigenvalue weighted by Gasteiger charge is 2.07. The fourth-order valence-corrected chi connectivity index (χ4v) is 2.10. The van der Waals surface area contributed by atoms with E-state index in [1.807, 2.05) is 13.0 Å². The molecule has 0 saturated heterocycles. The molecule has 1 aromatic rings. The number of benzene rings is 1. The summed E-state index contributed by atoms with van der Waals surface area (Å²) in [5, 5.41) is 12.0. The molecule has 0 amide bonds. The van der Waals surface area contributed by atoms with Gasteiger partial charge < -0.3 is 5.32 Å². The molecule has 92 valence electrons. The quantitative estimate of drug-likeness (QED) is 0.877. The Hall–Kier alpha value is -1.41. The van der Waals surface area contributed by atoms with Crippen molar-refractivity contribution in [3.05, 3.63) is 29.6 Å². The van der Waals surface area contributed by atoms with Gasteiger partial charge in [0.15, 0.2) is 0 Å². The minimum atomic E-state index is -0.820. The molecular formula is C12H15FN2OS. The normalized spacial score (nSPS) is 13.8. The van der Waals surface area contributed by atoms with E-state index in [1.54, 1.807) is 12.3 Å². The average Bonchev–Trinajstić information content (AvgIpc) is 2.28. The van der Waals surface area contributed by atoms with Crippen LogP contribution >= 0.6 is 0 Å². The number of nitrogens with one attached hydrogen (secondary N) is 1. The molecule has 0 bridgehead atoms. The van der Waals surface area contributed by atoms with Gasteiger partial charge in [0.1, 0.15) is 11.9 Å². The molecule has 0 heterocycles. The van der Waals surface area contributed by atoms with Crippen molar-refractivity contribution >= 4 is 16.5 Å². The van der Waals surface area contributed by atoms with Crippen LogP contribution in [0.15, 0.2) is 18.2 Å². The summed E-state index contributed by atoms with van der Waals surface area (Å²) in [4.78, 5) is 0. The van der Waals surface area contributed by atoms with E-state index in [9.17, 15) is 8.60 Å². The highest BCUT2D eigenvalue weighted by atomic mass is 32.2. The third-order valence-corrected chi connectivity index (χ3v) is 3.15. The Kier molecular flexibility index (Phi) is 5.11. The molecule has 1 N–H and O–H groups in total. The highest BCUT2D eigenvalue weighted by Crippen LogP contribution is 2.17. The molecule has 0 aliphatic rings. The molecule has 0 saturated carbocycles. The van der Waals surface area contributed by atoms with E-state index >= 15 is 0 Å². The molecule has 5 heteroatoms. The van der Waals surface area contributed by atoms with E-state index in [2.05, 4.69) is 5.32 Å². The monoisotopic (exact) mass is 254 g/mol. The molecule has 1 rings (SSSR count). The number of hydrogen-bond acceptors (Lipinski definition) is 3. The summed E-state index contributed by atoms with van der Waals surface area (Å²) in [6.07, 6.45) is 2.40. The van der Waals surface area contributed by atoms with Crippen LogP contribution in [0.4, 0.5) is 10.1 Å². The second-order valence-corrected chi connectivity index (χ2v) is 5.47. The van der Waals surface area contributed by atoms with Gasteiger partial charge in [-0.05, 0) is 31.5 Å². The van der Waals surface area contributed by atoms with E-state index in [0.717, 1.165) is 6.42 Å². The Bertz CT molecular complexity index is 456. The van der Waals surface area contributed by atoms with Gasteiger partial charge in [0, 0.05) is 28.9 Å². The largest absolute Gasteiger partial charge is 0.381 e. The maximum absolute atomic E-state index is 12.9. The zero-order valence-electron chi connectivity index (χ0n) is 9.87. The summed E-state index contributed by atoms with van der Waals surface area (Å²) in [5.74, 6) is 0.187. The highest BCUT2D eigenvalue weighted by molar-refractivity contribution is 7.84. The predicted molar refractivity (Wildman–Crippen MR) is 67.8 cm³/mol. The average molecular weight is 254 g/mol. The van der Waals surface area contributed by atoms with E-state index in [-0.39, 0.29) is 11.6 Å². The maximum atomic E-state index is 12.9. The predicted octanol–water partition coefficient (Wildman–Crippen LogP) is 2.27. The summed E-state index contributed by atoms with van der Waals surface area (Å²) in [7, 11) is -0.820. The fourth-order valence-electron chi connectivity index (χ4n) is 1.42. The molecule has 0 aromatic heterocycles. The smallest absolute Gasteiger partial charge is 0.124 e. The second kappa shape index (κ2) is 6.36. The first-order valence-electron chi connectivity index (χ1n) is 5.29. The number of nitriles is 1. The van der Waals surface area contributed by atoms with Gasteiger partial charge in [0.05, 0.1) is 11.3 Å². The lowest BCUT2D eigenvalue weighted by Gasteiger charge is -2.15. The van der Waals surface area contributed by atoms with Crippen molar-refractivity contribution in [3.63, 3.8) is 0 Å². The van der Waals surface area contributed by atoms with Gasteiger partial charge in [-0.2, -0.15) is 5.26 Å². The van der Waals surface area contributed by atoms with Crippen LogP contribution in [0.25, 0.3) is 0 Å². The van der Waals surface area contributed by atoms with Crippen LogP contribution in [0.2, 0.25) is 0 Å². The second-order valence-electron chi connectivity index (χ2n) is 3.91. The molecule has 3 nitrogen and oxygen atoms in total. The minimum Gasteiger partial charge on any atom is -0.381 e. The zero-order valence-corrected chi connectivity index (χ0v) is 10.7. The van der Waals surface area contributed by atoms with Gasteiger partial charge in [0.2, 0.25) is 0 Å². The molecule has 0 aliphatic carbocycles. The summed E-state index contributed by atoms with van der Waals surface area (Å²) in [6, 6.07) is 6.10. The van der Waals surface area contributed by atoms with Gasteiger partial charge in [0.25, 0.3) is 0 Å². The minimum absolute atomic E-state index is 0.0939. The first-order chi connectivity index (χ1) is 8.02. The van der Waals surface area contributed by atoms with Crippen LogP contribution in [-0.2, 0) is 10.8 Å². The number of hydrogen-bond donors (Lipinski definition) is 1. The molecule has 2 unspecified atom stereocenters. The Morgan fingerprint density at radius 3 is 2.88 bits per heavy atom. The summed E-state index contributed by atoms with van der Waals surface area (Å²) in [5.41, 5.74) is 0.901. The van der Waals surface area contributed by atoms with Crippen molar-refractivity contribution in [2.24, 2.45) is 0 Å². The van der Waals surface area contributed by atoms with Gasteiger partial charge in [-0.1, -0.05) is 0 Å². The van der Waals surface area contributed by atoms with Gasteiger partial charge >= 0.3 is 0 Å². The van der Waals surface area contributed by atoms with Crippen molar-refractivity contribution in [1.29, 1.82) is 5.26 Å². The Morgan fingerprint density at radius 1 is 1.59 bits per heavy atom. The molecule has 1 aromatic carbocycles. The lowest BCUT2D eigenvalue weighted by molar-refractivity contribution is 0.627. The standard InChI is InChI=1S/C12H15FN2OS/c1-9(5-6-17(2)16)15-12-4-3-11(13)7-10(12)8-14/h3-4,7,9,15H,5-6H2,1-2H3. The molecule has 2 atom stereocenters. The molecule has 17 heavy (non-hydrogen) atoms. The lowest BCUT2D eigenvalue weighted by Crippen LogP contribution is -2.18. The van der Waals surface area contributed by atoms with E-state index < -0.39 is 16.6 Å². The first-order valence-corrected chi connectivity index (χ1v) is 7.02. The summed E-state index contributed by atoms with van der Waals surface area (Å²) < 4.78 is 23.9. The number of nitrogens with zero attached hydrogens (tertiary/aromatic N) is 1. The summed E-state index contributed by atoms with van der Waals surface area (Å²) >= 11 is 0. The Labute approximate surface area is 103 Å². The van der Waals surface area contributed by atoms with Crippen LogP contribution in [0.3, 0.4) is 0 Å². The SMILES string of the molecule is CC(CCS(C)=O)Nc1ccc(F)cc1C#N. The van der Waals surface area contributed by atoms with Crippen molar-refractivity contribution < 1.29 is 8.60 Å². The number of halogens is 1. The fraction of sp³-hybridized carbons (Fsp3) is 0.417. The van der Waals surface area contributed by atoms with E-state index in [1.165, 1.54) is 12.1 Å². The van der Waals surface area contributed by atoms with Crippen molar-refractivity contribution in [3.8, 4) is 6.07 Å². The number of anilines is 1. The van der Waals surface area contributed by atoms with Crippen LogP contribution in [-0.4, -0.2) is 22.3 Å². The lowest BCUT2D eigenvalue weighted by atomic mass is 10.1. The summed E-state index contributed by atoms with van der Waals surface area (Å²) in [6.45, 7) is 1.94. The molecule has 0 aliphatic heterocycles. The van der Waals surface area contributed by atoms with Crippen LogP contribution in [0.5, 0.6) is 0 Å². The van der Waals surface area contributed by atoms with Gasteiger partial charge in [-0.3, -0.25) is 4.21 Å². The van der Waals surface area contributed by atoms with Gasteiger partial charge in [-0.25, -0.2) is 4.39 Å². The molecule has 0 fully saturated rings. The third-order valence-electron chi connectivity index (χ3n) is 2.34. The van der Waals surface area contributed by atoms with E-state index in [0.29, 0.717) is 11.4 Å². The zero-order chi connectivity index (χ0) is 12.8. The van der Waals surface area contributed by atoms with Crippen LogP contribution < -0.4 is 5.32 Å². The van der Waals surface area contributed by atoms with Crippen molar-refractivity contribution in [1.82, 2.24) is 0 Å². The van der Waals surface area contributed by atoms with Crippen molar-refractivity contribution in [2.75, 3.05) is 17.3 Å². The van der Waals surface area contributed by atoms with Crippen molar-refractivity contribution in [2.45, 2.75) is 19.4 Å². The Morgan fingerprint density at radius 2 is 2.29 bits per heavy atom. The van der Waals surface area contributed by atoms with E-state index in [4.69, 9.17) is 5.26 Å².